The summed E-state index contributed by atoms with van der Waals surface area (Å²) in [5.41, 5.74) is 4.97. The van der Waals surface area contributed by atoms with Crippen LogP contribution in [0, 0.1) is 25.2 Å². The molecule has 3 aromatic rings. The maximum absolute atomic E-state index is 12.7. The van der Waals surface area contributed by atoms with Crippen LogP contribution in [0.4, 0.5) is 0 Å². The summed E-state index contributed by atoms with van der Waals surface area (Å²) >= 11 is 3.46. The standard InChI is InChI=1S/C24H22BrN3O/c1-16-13-20(18(3)28(16)23-11-9-22(25)10-12-23)14-21(15-26)24(29)27-17(2)19-7-5-4-6-8-19/h4-14,17H,1-3H3,(H,27,29)/b21-14+/t17-/m0/s1. The molecule has 1 aromatic heterocycles. The monoisotopic (exact) mass is 447 g/mol. The van der Waals surface area contributed by atoms with Crippen LogP contribution in [0.3, 0.4) is 0 Å². The van der Waals surface area contributed by atoms with Crippen LogP contribution < -0.4 is 5.32 Å². The van der Waals surface area contributed by atoms with Gasteiger partial charge < -0.3 is 9.88 Å². The van der Waals surface area contributed by atoms with Gasteiger partial charge in [0.25, 0.3) is 5.91 Å². The van der Waals surface area contributed by atoms with Gasteiger partial charge in [-0.2, -0.15) is 5.26 Å². The number of benzene rings is 2. The van der Waals surface area contributed by atoms with E-state index in [1.165, 1.54) is 0 Å². The van der Waals surface area contributed by atoms with E-state index in [4.69, 9.17) is 0 Å². The zero-order valence-corrected chi connectivity index (χ0v) is 18.2. The van der Waals surface area contributed by atoms with Gasteiger partial charge in [-0.05, 0) is 68.3 Å². The highest BCUT2D eigenvalue weighted by Gasteiger charge is 2.16. The summed E-state index contributed by atoms with van der Waals surface area (Å²) in [5.74, 6) is -0.378. The second kappa shape index (κ2) is 8.93. The van der Waals surface area contributed by atoms with Crippen molar-refractivity contribution < 1.29 is 4.79 Å². The van der Waals surface area contributed by atoms with E-state index in [1.807, 2.05) is 87.5 Å². The first-order chi connectivity index (χ1) is 13.9. The number of carbonyl (C=O) groups is 1. The molecule has 0 saturated carbocycles. The number of halogens is 1. The van der Waals surface area contributed by atoms with E-state index < -0.39 is 0 Å². The topological polar surface area (TPSA) is 57.8 Å². The number of aryl methyl sites for hydroxylation is 1. The second-order valence-corrected chi connectivity index (χ2v) is 7.83. The van der Waals surface area contributed by atoms with Crippen molar-refractivity contribution in [3.8, 4) is 11.8 Å². The Hall–Kier alpha value is -3.10. The molecule has 0 spiro atoms. The molecule has 1 N–H and O–H groups in total. The number of rotatable bonds is 5. The Balaban J connectivity index is 1.88. The maximum atomic E-state index is 12.7. The fourth-order valence-electron chi connectivity index (χ4n) is 3.32. The third-order valence-electron chi connectivity index (χ3n) is 4.87. The van der Waals surface area contributed by atoms with E-state index in [1.54, 1.807) is 6.08 Å². The van der Waals surface area contributed by atoms with Gasteiger partial charge in [0.15, 0.2) is 0 Å². The van der Waals surface area contributed by atoms with E-state index >= 15 is 0 Å². The number of nitrogens with one attached hydrogen (secondary N) is 1. The summed E-state index contributed by atoms with van der Waals surface area (Å²) in [6, 6.07) is 21.6. The Morgan fingerprint density at radius 2 is 1.79 bits per heavy atom. The molecule has 0 bridgehead atoms. The predicted octanol–water partition coefficient (Wildman–Crippen LogP) is 5.64. The van der Waals surface area contributed by atoms with Crippen LogP contribution in [-0.2, 0) is 4.79 Å². The molecule has 1 heterocycles. The van der Waals surface area contributed by atoms with Gasteiger partial charge in [-0.1, -0.05) is 46.3 Å². The zero-order chi connectivity index (χ0) is 21.0. The molecule has 0 saturated heterocycles. The van der Waals surface area contributed by atoms with E-state index in [9.17, 15) is 10.1 Å². The largest absolute Gasteiger partial charge is 0.345 e. The molecular weight excluding hydrogens is 426 g/mol. The van der Waals surface area contributed by atoms with Gasteiger partial charge in [0.2, 0.25) is 0 Å². The van der Waals surface area contributed by atoms with Crippen LogP contribution in [-0.4, -0.2) is 10.5 Å². The number of nitriles is 1. The fourth-order valence-corrected chi connectivity index (χ4v) is 3.59. The van der Waals surface area contributed by atoms with Crippen molar-refractivity contribution in [1.29, 1.82) is 5.26 Å². The number of aromatic nitrogens is 1. The Labute approximate surface area is 179 Å². The third-order valence-corrected chi connectivity index (χ3v) is 5.40. The highest BCUT2D eigenvalue weighted by molar-refractivity contribution is 9.10. The van der Waals surface area contributed by atoms with Gasteiger partial charge in [-0.15, -0.1) is 0 Å². The molecule has 1 amide bonds. The summed E-state index contributed by atoms with van der Waals surface area (Å²) < 4.78 is 3.12. The average Bonchev–Trinajstić information content (AvgIpc) is 3.00. The minimum absolute atomic E-state index is 0.0869. The van der Waals surface area contributed by atoms with E-state index in [0.717, 1.165) is 32.7 Å². The van der Waals surface area contributed by atoms with Crippen LogP contribution in [0.15, 0.2) is 70.7 Å². The SMILES string of the molecule is Cc1cc(/C=C(\C#N)C(=O)N[C@@H](C)c2ccccc2)c(C)n1-c1ccc(Br)cc1. The minimum Gasteiger partial charge on any atom is -0.345 e. The van der Waals surface area contributed by atoms with E-state index in [-0.39, 0.29) is 17.5 Å². The first-order valence-corrected chi connectivity index (χ1v) is 10.1. The van der Waals surface area contributed by atoms with E-state index in [2.05, 4.69) is 25.8 Å². The van der Waals surface area contributed by atoms with Crippen molar-refractivity contribution in [3.63, 3.8) is 0 Å². The van der Waals surface area contributed by atoms with Crippen LogP contribution >= 0.6 is 15.9 Å². The van der Waals surface area contributed by atoms with Gasteiger partial charge in [-0.25, -0.2) is 0 Å². The normalized spacial score (nSPS) is 12.3. The summed E-state index contributed by atoms with van der Waals surface area (Å²) in [4.78, 5) is 12.7. The molecule has 2 aromatic carbocycles. The molecule has 0 unspecified atom stereocenters. The average molecular weight is 448 g/mol. The van der Waals surface area contributed by atoms with Crippen LogP contribution in [0.2, 0.25) is 0 Å². The fraction of sp³-hybridized carbons (Fsp3) is 0.167. The molecular formula is C24H22BrN3O. The van der Waals surface area contributed by atoms with E-state index in [0.29, 0.717) is 0 Å². The summed E-state index contributed by atoms with van der Waals surface area (Å²) in [5, 5.41) is 12.5. The number of hydrogen-bond acceptors (Lipinski definition) is 2. The van der Waals surface area contributed by atoms with Gasteiger partial charge >= 0.3 is 0 Å². The highest BCUT2D eigenvalue weighted by atomic mass is 79.9. The Kier molecular flexibility index (Phi) is 6.36. The van der Waals surface area contributed by atoms with Gasteiger partial charge in [0.05, 0.1) is 6.04 Å². The van der Waals surface area contributed by atoms with Crippen molar-refractivity contribution in [3.05, 3.63) is 93.2 Å². The van der Waals surface area contributed by atoms with Gasteiger partial charge in [0.1, 0.15) is 11.6 Å². The molecule has 0 aliphatic rings. The molecule has 146 valence electrons. The van der Waals surface area contributed by atoms with Gasteiger partial charge in [-0.3, -0.25) is 4.79 Å². The third kappa shape index (κ3) is 4.67. The van der Waals surface area contributed by atoms with Crippen molar-refractivity contribution in [2.24, 2.45) is 0 Å². The summed E-state index contributed by atoms with van der Waals surface area (Å²) in [7, 11) is 0. The van der Waals surface area contributed by atoms with Crippen molar-refractivity contribution >= 4 is 27.9 Å². The molecule has 0 fully saturated rings. The lowest BCUT2D eigenvalue weighted by Gasteiger charge is -2.13. The second-order valence-electron chi connectivity index (χ2n) is 6.91. The molecule has 5 heteroatoms. The first kappa shape index (κ1) is 20.6. The Morgan fingerprint density at radius 3 is 2.41 bits per heavy atom. The smallest absolute Gasteiger partial charge is 0.262 e. The summed E-state index contributed by atoms with van der Waals surface area (Å²) in [6.07, 6.45) is 1.66. The lowest BCUT2D eigenvalue weighted by Crippen LogP contribution is -2.27. The Morgan fingerprint density at radius 1 is 1.14 bits per heavy atom. The van der Waals surface area contributed by atoms with Crippen LogP contribution in [0.25, 0.3) is 11.8 Å². The number of amides is 1. The zero-order valence-electron chi connectivity index (χ0n) is 16.6. The number of carbonyl (C=O) groups excluding carboxylic acids is 1. The predicted molar refractivity (Wildman–Crippen MR) is 120 cm³/mol. The lowest BCUT2D eigenvalue weighted by molar-refractivity contribution is -0.117. The van der Waals surface area contributed by atoms with Crippen LogP contribution in [0.5, 0.6) is 0 Å². The molecule has 0 aliphatic carbocycles. The minimum atomic E-state index is -0.378. The molecule has 29 heavy (non-hydrogen) atoms. The molecule has 1 atom stereocenters. The number of nitrogens with zero attached hydrogens (tertiary/aromatic N) is 2. The highest BCUT2D eigenvalue weighted by Crippen LogP contribution is 2.24. The molecule has 0 aliphatic heterocycles. The van der Waals surface area contributed by atoms with Crippen molar-refractivity contribution in [1.82, 2.24) is 9.88 Å². The lowest BCUT2D eigenvalue weighted by atomic mass is 10.1. The Bertz CT molecular complexity index is 1090. The maximum Gasteiger partial charge on any atom is 0.262 e. The van der Waals surface area contributed by atoms with Crippen molar-refractivity contribution in [2.75, 3.05) is 0 Å². The number of hydrogen-bond donors (Lipinski definition) is 1. The van der Waals surface area contributed by atoms with Crippen molar-refractivity contribution in [2.45, 2.75) is 26.8 Å². The summed E-state index contributed by atoms with van der Waals surface area (Å²) in [6.45, 7) is 5.90. The first-order valence-electron chi connectivity index (χ1n) is 9.33. The quantitative estimate of drug-likeness (QED) is 0.406. The molecule has 0 radical (unpaired) electrons. The van der Waals surface area contributed by atoms with Crippen LogP contribution in [0.1, 0.15) is 35.5 Å². The molecule has 4 nitrogen and oxygen atoms in total. The molecule has 3 rings (SSSR count). The van der Waals surface area contributed by atoms with Gasteiger partial charge in [0, 0.05) is 21.5 Å².